The summed E-state index contributed by atoms with van der Waals surface area (Å²) in [6.45, 7) is 1.68. The molecule has 0 spiro atoms. The van der Waals surface area contributed by atoms with E-state index in [2.05, 4.69) is 15.3 Å². The molecule has 1 fully saturated rings. The van der Waals surface area contributed by atoms with Crippen molar-refractivity contribution in [2.24, 2.45) is 11.8 Å². The van der Waals surface area contributed by atoms with E-state index >= 15 is 0 Å². The van der Waals surface area contributed by atoms with E-state index in [9.17, 15) is 27.6 Å². The number of nitrogens with one attached hydrogen (secondary N) is 1. The van der Waals surface area contributed by atoms with Crippen molar-refractivity contribution in [2.45, 2.75) is 38.0 Å². The van der Waals surface area contributed by atoms with Crippen molar-refractivity contribution in [1.82, 2.24) is 9.97 Å². The second-order valence-corrected chi connectivity index (χ2v) is 8.54. The van der Waals surface area contributed by atoms with Crippen LogP contribution in [0.1, 0.15) is 37.7 Å². The zero-order valence-electron chi connectivity index (χ0n) is 18.6. The molecule has 1 saturated carbocycles. The van der Waals surface area contributed by atoms with Crippen molar-refractivity contribution >= 4 is 11.7 Å². The summed E-state index contributed by atoms with van der Waals surface area (Å²) in [4.78, 5) is 20.4. The Hall–Kier alpha value is -3.76. The van der Waals surface area contributed by atoms with Gasteiger partial charge in [0.1, 0.15) is 17.4 Å². The molecule has 4 rings (SSSR count). The standard InChI is InChI=1S/C24H22F4N4O3/c1-14(16-4-7-24(27,28)19(10-16)15-5-8-32(34)9-6-15)22(33)31-21-3-2-18(13-29-21)35-23-20(26)11-17(25)12-30-23/h2-3,5-6,8-9,11-14,16,19H,4,7,10H2,1H3,(H,29,31,33)/t14?,16-,19+/m0/s1. The number of carbonyl (C=O) groups excluding carboxylic acids is 1. The molecule has 0 bridgehead atoms. The quantitative estimate of drug-likeness (QED) is 0.299. The summed E-state index contributed by atoms with van der Waals surface area (Å²) in [6, 6.07) is 6.27. The number of halogens is 4. The van der Waals surface area contributed by atoms with Crippen LogP contribution in [-0.4, -0.2) is 21.8 Å². The third-order valence-electron chi connectivity index (χ3n) is 6.22. The fourth-order valence-electron chi connectivity index (χ4n) is 4.19. The Kier molecular flexibility index (Phi) is 6.86. The predicted molar refractivity (Wildman–Crippen MR) is 117 cm³/mol. The maximum atomic E-state index is 14.6. The highest BCUT2D eigenvalue weighted by Gasteiger charge is 2.47. The van der Waals surface area contributed by atoms with Crippen LogP contribution in [-0.2, 0) is 4.79 Å². The average molecular weight is 490 g/mol. The fraction of sp³-hybridized carbons (Fsp3) is 0.333. The summed E-state index contributed by atoms with van der Waals surface area (Å²) in [6.07, 6.45) is 4.34. The Morgan fingerprint density at radius 3 is 2.60 bits per heavy atom. The van der Waals surface area contributed by atoms with Crippen LogP contribution in [0.3, 0.4) is 0 Å². The van der Waals surface area contributed by atoms with Crippen LogP contribution in [0.15, 0.2) is 55.1 Å². The Morgan fingerprint density at radius 2 is 1.94 bits per heavy atom. The molecule has 1 N–H and O–H groups in total. The first-order chi connectivity index (χ1) is 16.6. The summed E-state index contributed by atoms with van der Waals surface area (Å²) in [7, 11) is 0. The minimum atomic E-state index is -2.93. The smallest absolute Gasteiger partial charge is 0.256 e. The zero-order chi connectivity index (χ0) is 25.2. The van der Waals surface area contributed by atoms with Gasteiger partial charge in [-0.3, -0.25) is 4.79 Å². The van der Waals surface area contributed by atoms with Gasteiger partial charge in [-0.1, -0.05) is 6.92 Å². The largest absolute Gasteiger partial charge is 0.619 e. The van der Waals surface area contributed by atoms with E-state index in [1.54, 1.807) is 6.92 Å². The van der Waals surface area contributed by atoms with E-state index in [-0.39, 0.29) is 42.7 Å². The molecule has 11 heteroatoms. The number of nitrogens with zero attached hydrogens (tertiary/aromatic N) is 3. The maximum absolute atomic E-state index is 14.6. The second-order valence-electron chi connectivity index (χ2n) is 8.54. The van der Waals surface area contributed by atoms with E-state index in [0.717, 1.165) is 6.20 Å². The topological polar surface area (TPSA) is 91.0 Å². The number of rotatable bonds is 6. The lowest BCUT2D eigenvalue weighted by Crippen LogP contribution is -2.38. The van der Waals surface area contributed by atoms with E-state index in [4.69, 9.17) is 4.74 Å². The molecular weight excluding hydrogens is 468 g/mol. The van der Waals surface area contributed by atoms with E-state index in [1.807, 2.05) is 0 Å². The van der Waals surface area contributed by atoms with E-state index in [1.165, 1.54) is 42.9 Å². The first-order valence-corrected chi connectivity index (χ1v) is 10.9. The van der Waals surface area contributed by atoms with Crippen LogP contribution < -0.4 is 14.8 Å². The molecule has 0 aliphatic heterocycles. The minimum absolute atomic E-state index is 0.0981. The van der Waals surface area contributed by atoms with Crippen LogP contribution in [0.5, 0.6) is 11.6 Å². The van der Waals surface area contributed by atoms with Gasteiger partial charge in [0.05, 0.1) is 12.4 Å². The molecule has 3 aromatic heterocycles. The third-order valence-corrected chi connectivity index (χ3v) is 6.22. The van der Waals surface area contributed by atoms with E-state index < -0.39 is 35.3 Å². The maximum Gasteiger partial charge on any atom is 0.256 e. The third kappa shape index (κ3) is 5.67. The summed E-state index contributed by atoms with van der Waals surface area (Å²) in [5, 5.41) is 13.9. The molecule has 0 saturated heterocycles. The van der Waals surface area contributed by atoms with Crippen molar-refractivity contribution in [3.05, 3.63) is 77.5 Å². The van der Waals surface area contributed by atoms with Gasteiger partial charge in [-0.25, -0.2) is 27.5 Å². The average Bonchev–Trinajstić information content (AvgIpc) is 2.82. The molecule has 1 aliphatic rings. The van der Waals surface area contributed by atoms with Gasteiger partial charge in [-0.2, -0.15) is 4.73 Å². The summed E-state index contributed by atoms with van der Waals surface area (Å²) < 4.78 is 61.7. The number of amides is 1. The number of anilines is 1. The summed E-state index contributed by atoms with van der Waals surface area (Å²) in [5.41, 5.74) is 0.365. The van der Waals surface area contributed by atoms with Crippen LogP contribution in [0, 0.1) is 28.7 Å². The molecule has 3 aromatic rings. The molecule has 184 valence electrons. The first-order valence-electron chi connectivity index (χ1n) is 10.9. The highest BCUT2D eigenvalue weighted by molar-refractivity contribution is 5.91. The normalized spacial score (nSPS) is 20.1. The summed E-state index contributed by atoms with van der Waals surface area (Å²) in [5.74, 6) is -7.20. The molecule has 7 nitrogen and oxygen atoms in total. The number of hydrogen-bond donors (Lipinski definition) is 1. The number of aromatic nitrogens is 3. The van der Waals surface area contributed by atoms with Crippen LogP contribution in [0.2, 0.25) is 0 Å². The lowest BCUT2D eigenvalue weighted by molar-refractivity contribution is -0.605. The van der Waals surface area contributed by atoms with Crippen molar-refractivity contribution < 1.29 is 31.8 Å². The molecule has 3 atom stereocenters. The van der Waals surface area contributed by atoms with Gasteiger partial charge in [0.2, 0.25) is 5.91 Å². The van der Waals surface area contributed by atoms with Crippen molar-refractivity contribution in [1.29, 1.82) is 0 Å². The SMILES string of the molecule is CC(C(=O)Nc1ccc(Oc2ncc(F)cc2F)cn1)[C@H]1CCC(F)(F)[C@@H](c2cc[n+]([O-])cc2)C1. The number of hydrogen-bond acceptors (Lipinski definition) is 5. The van der Waals surface area contributed by atoms with Gasteiger partial charge in [0, 0.05) is 36.5 Å². The monoisotopic (exact) mass is 490 g/mol. The molecule has 3 heterocycles. The number of ether oxygens (including phenoxy) is 1. The molecule has 1 amide bonds. The molecule has 0 aromatic carbocycles. The van der Waals surface area contributed by atoms with Gasteiger partial charge in [-0.05, 0) is 36.5 Å². The second kappa shape index (κ2) is 9.85. The molecule has 35 heavy (non-hydrogen) atoms. The van der Waals surface area contributed by atoms with E-state index in [0.29, 0.717) is 16.4 Å². The van der Waals surface area contributed by atoms with Crippen molar-refractivity contribution in [3.63, 3.8) is 0 Å². The highest BCUT2D eigenvalue weighted by Crippen LogP contribution is 2.48. The number of alkyl halides is 2. The lowest BCUT2D eigenvalue weighted by Gasteiger charge is -2.38. The van der Waals surface area contributed by atoms with Gasteiger partial charge in [-0.15, -0.1) is 0 Å². The van der Waals surface area contributed by atoms with Crippen molar-refractivity contribution in [3.8, 4) is 11.6 Å². The van der Waals surface area contributed by atoms with Gasteiger partial charge in [0.25, 0.3) is 11.8 Å². The zero-order valence-corrected chi connectivity index (χ0v) is 18.6. The fourth-order valence-corrected chi connectivity index (χ4v) is 4.19. The first kappa shape index (κ1) is 24.4. The highest BCUT2D eigenvalue weighted by atomic mass is 19.3. The molecule has 1 aliphatic carbocycles. The van der Waals surface area contributed by atoms with Crippen LogP contribution in [0.4, 0.5) is 23.4 Å². The summed E-state index contributed by atoms with van der Waals surface area (Å²) >= 11 is 0. The number of pyridine rings is 3. The van der Waals surface area contributed by atoms with Gasteiger partial charge in [0.15, 0.2) is 18.2 Å². The van der Waals surface area contributed by atoms with Gasteiger partial charge < -0.3 is 15.3 Å². The van der Waals surface area contributed by atoms with Crippen LogP contribution in [0.25, 0.3) is 0 Å². The molecule has 0 radical (unpaired) electrons. The molecular formula is C24H22F4N4O3. The van der Waals surface area contributed by atoms with Gasteiger partial charge >= 0.3 is 0 Å². The lowest BCUT2D eigenvalue weighted by atomic mass is 9.71. The Labute approximate surface area is 198 Å². The number of carbonyl (C=O) groups is 1. The van der Waals surface area contributed by atoms with Crippen molar-refractivity contribution in [2.75, 3.05) is 5.32 Å². The minimum Gasteiger partial charge on any atom is -0.619 e. The predicted octanol–water partition coefficient (Wildman–Crippen LogP) is 4.97. The molecule has 1 unspecified atom stereocenters. The Balaban J connectivity index is 1.39. The van der Waals surface area contributed by atoms with Crippen LogP contribution >= 0.6 is 0 Å². The Morgan fingerprint density at radius 1 is 1.20 bits per heavy atom. The Bertz CT molecular complexity index is 1190.